The van der Waals surface area contributed by atoms with Crippen LogP contribution in [0.5, 0.6) is 11.6 Å². The van der Waals surface area contributed by atoms with Crippen LogP contribution in [-0.4, -0.2) is 23.2 Å². The number of nitriles is 1. The van der Waals surface area contributed by atoms with E-state index in [2.05, 4.69) is 27.3 Å². The molecule has 194 valence electrons. The van der Waals surface area contributed by atoms with Gasteiger partial charge in [-0.1, -0.05) is 12.1 Å². The SMILES string of the molecule is C[C@@H](OC(=O)Nc1ccc(C2C(N)c3cc(Oc4ncccc4C#N)ccc3N2C2CCC2)cc1)C1CC1. The number of anilines is 2. The van der Waals surface area contributed by atoms with E-state index in [1.807, 2.05) is 43.3 Å². The highest BCUT2D eigenvalue weighted by atomic mass is 16.6. The van der Waals surface area contributed by atoms with Gasteiger partial charge in [-0.05, 0) is 98.5 Å². The number of pyridine rings is 1. The number of hydrogen-bond donors (Lipinski definition) is 2. The van der Waals surface area contributed by atoms with Gasteiger partial charge in [-0.25, -0.2) is 9.78 Å². The van der Waals surface area contributed by atoms with Crippen molar-refractivity contribution in [1.29, 1.82) is 5.26 Å². The van der Waals surface area contributed by atoms with E-state index in [1.165, 1.54) is 6.42 Å². The van der Waals surface area contributed by atoms with Crippen molar-refractivity contribution >= 4 is 17.5 Å². The van der Waals surface area contributed by atoms with Crippen LogP contribution in [0, 0.1) is 17.2 Å². The van der Waals surface area contributed by atoms with Crippen LogP contribution in [0.2, 0.25) is 0 Å². The van der Waals surface area contributed by atoms with Gasteiger partial charge in [-0.3, -0.25) is 5.32 Å². The van der Waals surface area contributed by atoms with Crippen LogP contribution in [0.4, 0.5) is 16.2 Å². The summed E-state index contributed by atoms with van der Waals surface area (Å²) in [6.07, 6.45) is 6.85. The third-order valence-electron chi connectivity index (χ3n) is 7.93. The second kappa shape index (κ2) is 9.99. The van der Waals surface area contributed by atoms with E-state index in [0.29, 0.717) is 29.0 Å². The minimum Gasteiger partial charge on any atom is -0.446 e. The lowest BCUT2D eigenvalue weighted by Gasteiger charge is -2.41. The summed E-state index contributed by atoms with van der Waals surface area (Å²) >= 11 is 0. The third-order valence-corrected chi connectivity index (χ3v) is 7.93. The lowest BCUT2D eigenvalue weighted by Crippen LogP contribution is -2.42. The lowest BCUT2D eigenvalue weighted by atomic mass is 9.89. The van der Waals surface area contributed by atoms with Gasteiger partial charge in [0.1, 0.15) is 23.5 Å². The highest BCUT2D eigenvalue weighted by molar-refractivity contribution is 5.84. The molecule has 2 aromatic carbocycles. The van der Waals surface area contributed by atoms with Gasteiger partial charge >= 0.3 is 6.09 Å². The van der Waals surface area contributed by atoms with Crippen molar-refractivity contribution in [3.05, 3.63) is 77.5 Å². The number of rotatable bonds is 7. The van der Waals surface area contributed by atoms with E-state index < -0.39 is 6.09 Å². The van der Waals surface area contributed by atoms with Crippen molar-refractivity contribution in [2.24, 2.45) is 11.7 Å². The molecule has 8 heteroatoms. The van der Waals surface area contributed by atoms with Crippen LogP contribution in [0.15, 0.2) is 60.8 Å². The minimum absolute atomic E-state index is 0.0361. The Morgan fingerprint density at radius 1 is 1.16 bits per heavy atom. The maximum Gasteiger partial charge on any atom is 0.411 e. The average Bonchev–Trinajstić information content (AvgIpc) is 3.70. The number of carbonyl (C=O) groups is 1. The molecule has 3 aromatic rings. The van der Waals surface area contributed by atoms with Crippen LogP contribution in [0.1, 0.15) is 67.8 Å². The fraction of sp³-hybridized carbons (Fsp3) is 0.367. The normalized spacial score (nSPS) is 21.1. The average molecular weight is 510 g/mol. The van der Waals surface area contributed by atoms with Crippen LogP contribution >= 0.6 is 0 Å². The minimum atomic E-state index is -0.418. The molecule has 0 bridgehead atoms. The molecule has 3 N–H and O–H groups in total. The molecule has 1 aromatic heterocycles. The summed E-state index contributed by atoms with van der Waals surface area (Å²) in [4.78, 5) is 19.0. The fourth-order valence-electron chi connectivity index (χ4n) is 5.46. The number of amides is 1. The van der Waals surface area contributed by atoms with Gasteiger partial charge in [0.2, 0.25) is 5.88 Å². The van der Waals surface area contributed by atoms with Crippen molar-refractivity contribution < 1.29 is 14.3 Å². The zero-order valence-corrected chi connectivity index (χ0v) is 21.3. The zero-order chi connectivity index (χ0) is 26.2. The quantitative estimate of drug-likeness (QED) is 0.389. The van der Waals surface area contributed by atoms with Gasteiger partial charge in [0, 0.05) is 23.6 Å². The standard InChI is InChI=1S/C30H31N5O3/c1-18(19-7-8-19)37-30(36)34-22-11-9-20(10-12-22)28-27(32)25-16-24(38-29-21(17-31)4-3-15-33-29)13-14-26(25)35(28)23-5-2-6-23/h3-4,9-16,18-19,23,27-28H,2,5-8,32H2,1H3,(H,34,36)/t18-,27?,28?/m1/s1. The largest absolute Gasteiger partial charge is 0.446 e. The molecular formula is C30H31N5O3. The van der Waals surface area contributed by atoms with E-state index in [9.17, 15) is 10.1 Å². The molecule has 0 spiro atoms. The molecule has 2 unspecified atom stereocenters. The number of ether oxygens (including phenoxy) is 2. The Morgan fingerprint density at radius 3 is 2.63 bits per heavy atom. The number of nitrogens with one attached hydrogen (secondary N) is 1. The highest BCUT2D eigenvalue weighted by Crippen LogP contribution is 2.51. The maximum absolute atomic E-state index is 12.3. The Hall–Kier alpha value is -4.09. The zero-order valence-electron chi connectivity index (χ0n) is 21.3. The number of fused-ring (bicyclic) bond motifs is 1. The Morgan fingerprint density at radius 2 is 1.95 bits per heavy atom. The number of carbonyl (C=O) groups excluding carboxylic acids is 1. The second-order valence-corrected chi connectivity index (χ2v) is 10.4. The van der Waals surface area contributed by atoms with Gasteiger partial charge in [-0.2, -0.15) is 5.26 Å². The van der Waals surface area contributed by atoms with Crippen molar-refractivity contribution in [2.45, 2.75) is 63.3 Å². The van der Waals surface area contributed by atoms with E-state index >= 15 is 0 Å². The third kappa shape index (κ3) is 4.66. The fourth-order valence-corrected chi connectivity index (χ4v) is 5.46. The summed E-state index contributed by atoms with van der Waals surface area (Å²) in [5.74, 6) is 1.37. The molecule has 1 aliphatic heterocycles. The molecule has 2 saturated carbocycles. The summed E-state index contributed by atoms with van der Waals surface area (Å²) in [5, 5.41) is 12.2. The first-order valence-electron chi connectivity index (χ1n) is 13.3. The molecule has 6 rings (SSSR count). The Labute approximate surface area is 222 Å². The summed E-state index contributed by atoms with van der Waals surface area (Å²) < 4.78 is 11.5. The summed E-state index contributed by atoms with van der Waals surface area (Å²) in [5.41, 5.74) is 11.2. The van der Waals surface area contributed by atoms with E-state index in [4.69, 9.17) is 15.2 Å². The Kier molecular flexibility index (Phi) is 6.38. The van der Waals surface area contributed by atoms with Gasteiger partial charge in [0.05, 0.1) is 12.1 Å². The summed E-state index contributed by atoms with van der Waals surface area (Å²) in [6, 6.07) is 19.5. The summed E-state index contributed by atoms with van der Waals surface area (Å²) in [7, 11) is 0. The Bertz CT molecular complexity index is 1380. The van der Waals surface area contributed by atoms with Crippen molar-refractivity contribution in [1.82, 2.24) is 4.98 Å². The topological polar surface area (TPSA) is 113 Å². The monoisotopic (exact) mass is 509 g/mol. The molecule has 3 atom stereocenters. The van der Waals surface area contributed by atoms with Crippen molar-refractivity contribution in [3.63, 3.8) is 0 Å². The molecule has 2 fully saturated rings. The van der Waals surface area contributed by atoms with Gasteiger partial charge in [0.25, 0.3) is 0 Å². The molecule has 1 amide bonds. The number of hydrogen-bond acceptors (Lipinski definition) is 7. The van der Waals surface area contributed by atoms with Crippen LogP contribution < -0.4 is 20.7 Å². The molecule has 0 saturated heterocycles. The van der Waals surface area contributed by atoms with Crippen molar-refractivity contribution in [2.75, 3.05) is 10.2 Å². The van der Waals surface area contributed by atoms with Crippen molar-refractivity contribution in [3.8, 4) is 17.7 Å². The smallest absolute Gasteiger partial charge is 0.411 e. The molecular weight excluding hydrogens is 478 g/mol. The van der Waals surface area contributed by atoms with Gasteiger partial charge in [0.15, 0.2) is 0 Å². The second-order valence-electron chi connectivity index (χ2n) is 10.4. The molecule has 3 aliphatic rings. The first kappa shape index (κ1) is 24.3. The van der Waals surface area contributed by atoms with Crippen LogP contribution in [0.25, 0.3) is 0 Å². The van der Waals surface area contributed by atoms with E-state index in [0.717, 1.165) is 42.5 Å². The van der Waals surface area contributed by atoms with Crippen LogP contribution in [-0.2, 0) is 4.74 Å². The Balaban J connectivity index is 1.23. The molecule has 2 aliphatic carbocycles. The molecule has 38 heavy (non-hydrogen) atoms. The highest BCUT2D eigenvalue weighted by Gasteiger charge is 2.42. The maximum atomic E-state index is 12.3. The number of benzene rings is 2. The van der Waals surface area contributed by atoms with Gasteiger partial charge in [-0.15, -0.1) is 0 Å². The predicted octanol–water partition coefficient (Wildman–Crippen LogP) is 6.21. The van der Waals surface area contributed by atoms with E-state index in [-0.39, 0.29) is 24.1 Å². The predicted molar refractivity (Wildman–Crippen MR) is 144 cm³/mol. The first-order chi connectivity index (χ1) is 18.5. The lowest BCUT2D eigenvalue weighted by molar-refractivity contribution is 0.108. The molecule has 2 heterocycles. The molecule has 8 nitrogen and oxygen atoms in total. The first-order valence-corrected chi connectivity index (χ1v) is 13.3. The molecule has 0 radical (unpaired) electrons. The van der Waals surface area contributed by atoms with Crippen LogP contribution in [0.3, 0.4) is 0 Å². The number of nitrogens with two attached hydrogens (primary N) is 1. The summed E-state index contributed by atoms with van der Waals surface area (Å²) in [6.45, 7) is 1.95. The van der Waals surface area contributed by atoms with Gasteiger partial charge < -0.3 is 20.1 Å². The number of aromatic nitrogens is 1. The van der Waals surface area contributed by atoms with E-state index in [1.54, 1.807) is 18.3 Å². The number of nitrogens with zero attached hydrogens (tertiary/aromatic N) is 3.